The first-order chi connectivity index (χ1) is 6.38. The van der Waals surface area contributed by atoms with E-state index in [1.165, 1.54) is 57.8 Å². The number of unbranched alkanes of at least 4 members (excludes halogenated alkanes) is 2. The van der Waals surface area contributed by atoms with Gasteiger partial charge in [-0.25, -0.2) is 0 Å². The SMILES string of the molecule is CCCCC[C@H](CC)C1CCCC1. The maximum absolute atomic E-state index is 2.38. The Labute approximate surface area is 84.1 Å². The van der Waals surface area contributed by atoms with Crippen LogP contribution in [0.1, 0.15) is 71.6 Å². The first-order valence-electron chi connectivity index (χ1n) is 6.38. The molecule has 1 saturated carbocycles. The van der Waals surface area contributed by atoms with E-state index >= 15 is 0 Å². The summed E-state index contributed by atoms with van der Waals surface area (Å²) in [6.45, 7) is 4.69. The molecule has 1 aliphatic carbocycles. The maximum atomic E-state index is 2.38. The molecule has 0 bridgehead atoms. The van der Waals surface area contributed by atoms with Crippen LogP contribution < -0.4 is 0 Å². The van der Waals surface area contributed by atoms with Crippen molar-refractivity contribution in [2.24, 2.45) is 11.8 Å². The summed E-state index contributed by atoms with van der Waals surface area (Å²) in [5, 5.41) is 0. The molecule has 78 valence electrons. The van der Waals surface area contributed by atoms with Crippen LogP contribution >= 0.6 is 0 Å². The molecule has 0 aromatic heterocycles. The van der Waals surface area contributed by atoms with Gasteiger partial charge in [-0.1, -0.05) is 71.6 Å². The van der Waals surface area contributed by atoms with E-state index in [0.717, 1.165) is 11.8 Å². The summed E-state index contributed by atoms with van der Waals surface area (Å²) in [7, 11) is 0. The van der Waals surface area contributed by atoms with Crippen LogP contribution in [0.25, 0.3) is 0 Å². The smallest absolute Gasteiger partial charge is 0.0386 e. The lowest BCUT2D eigenvalue weighted by Gasteiger charge is -2.21. The zero-order valence-electron chi connectivity index (χ0n) is 9.52. The van der Waals surface area contributed by atoms with Gasteiger partial charge in [0.25, 0.3) is 0 Å². The zero-order chi connectivity index (χ0) is 9.52. The molecular formula is C13H26. The van der Waals surface area contributed by atoms with Crippen molar-refractivity contribution in [2.45, 2.75) is 71.6 Å². The minimum atomic E-state index is 1.06. The first-order valence-corrected chi connectivity index (χ1v) is 6.38. The highest BCUT2D eigenvalue weighted by molar-refractivity contribution is 4.74. The van der Waals surface area contributed by atoms with Crippen LogP contribution in [0.15, 0.2) is 0 Å². The van der Waals surface area contributed by atoms with Crippen molar-refractivity contribution in [1.82, 2.24) is 0 Å². The maximum Gasteiger partial charge on any atom is -0.0386 e. The van der Waals surface area contributed by atoms with Gasteiger partial charge in [-0.15, -0.1) is 0 Å². The lowest BCUT2D eigenvalue weighted by atomic mass is 9.85. The Bertz CT molecular complexity index is 111. The monoisotopic (exact) mass is 182 g/mol. The van der Waals surface area contributed by atoms with Gasteiger partial charge in [-0.2, -0.15) is 0 Å². The number of rotatable bonds is 6. The van der Waals surface area contributed by atoms with Gasteiger partial charge in [0, 0.05) is 0 Å². The summed E-state index contributed by atoms with van der Waals surface area (Å²) < 4.78 is 0. The molecular weight excluding hydrogens is 156 g/mol. The van der Waals surface area contributed by atoms with Crippen molar-refractivity contribution >= 4 is 0 Å². The molecule has 0 nitrogen and oxygen atoms in total. The second-order valence-electron chi connectivity index (χ2n) is 4.71. The van der Waals surface area contributed by atoms with Crippen molar-refractivity contribution < 1.29 is 0 Å². The Morgan fingerprint density at radius 3 is 2.31 bits per heavy atom. The summed E-state index contributed by atoms with van der Waals surface area (Å²) in [6, 6.07) is 0. The predicted octanol–water partition coefficient (Wildman–Crippen LogP) is 4.78. The largest absolute Gasteiger partial charge is 0.0654 e. The fraction of sp³-hybridized carbons (Fsp3) is 1.00. The molecule has 0 heteroatoms. The summed E-state index contributed by atoms with van der Waals surface area (Å²) in [6.07, 6.45) is 13.3. The Morgan fingerprint density at radius 2 is 1.77 bits per heavy atom. The van der Waals surface area contributed by atoms with Crippen LogP contribution in [0.2, 0.25) is 0 Å². The predicted molar refractivity (Wildman–Crippen MR) is 59.9 cm³/mol. The van der Waals surface area contributed by atoms with Crippen molar-refractivity contribution in [3.05, 3.63) is 0 Å². The highest BCUT2D eigenvalue weighted by Crippen LogP contribution is 2.35. The molecule has 0 aromatic rings. The van der Waals surface area contributed by atoms with E-state index in [1.807, 2.05) is 0 Å². The molecule has 0 aromatic carbocycles. The molecule has 0 heterocycles. The molecule has 1 atom stereocenters. The highest BCUT2D eigenvalue weighted by atomic mass is 14.3. The third-order valence-electron chi connectivity index (χ3n) is 3.77. The third kappa shape index (κ3) is 3.70. The van der Waals surface area contributed by atoms with Crippen LogP contribution in [0.3, 0.4) is 0 Å². The van der Waals surface area contributed by atoms with Gasteiger partial charge in [0.2, 0.25) is 0 Å². The lowest BCUT2D eigenvalue weighted by Crippen LogP contribution is -2.10. The van der Waals surface area contributed by atoms with Gasteiger partial charge >= 0.3 is 0 Å². The van der Waals surface area contributed by atoms with Crippen LogP contribution in [0.5, 0.6) is 0 Å². The van der Waals surface area contributed by atoms with Gasteiger partial charge in [0.1, 0.15) is 0 Å². The molecule has 0 amide bonds. The van der Waals surface area contributed by atoms with E-state index in [4.69, 9.17) is 0 Å². The molecule has 0 unspecified atom stereocenters. The summed E-state index contributed by atoms with van der Waals surface area (Å²) >= 11 is 0. The molecule has 13 heavy (non-hydrogen) atoms. The van der Waals surface area contributed by atoms with Crippen molar-refractivity contribution in [3.8, 4) is 0 Å². The number of hydrogen-bond donors (Lipinski definition) is 0. The molecule has 0 N–H and O–H groups in total. The quantitative estimate of drug-likeness (QED) is 0.518. The van der Waals surface area contributed by atoms with Crippen LogP contribution in [-0.2, 0) is 0 Å². The van der Waals surface area contributed by atoms with Gasteiger partial charge < -0.3 is 0 Å². The fourth-order valence-corrected chi connectivity index (χ4v) is 2.86. The standard InChI is InChI=1S/C13H26/c1-3-5-6-9-12(4-2)13-10-7-8-11-13/h12-13H,3-11H2,1-2H3/t12-/m0/s1. The Morgan fingerprint density at radius 1 is 1.08 bits per heavy atom. The summed E-state index contributed by atoms with van der Waals surface area (Å²) in [4.78, 5) is 0. The second kappa shape index (κ2) is 6.45. The Hall–Kier alpha value is 0. The first kappa shape index (κ1) is 11.1. The van der Waals surface area contributed by atoms with E-state index in [-0.39, 0.29) is 0 Å². The molecule has 0 saturated heterocycles. The fourth-order valence-electron chi connectivity index (χ4n) is 2.86. The molecule has 0 radical (unpaired) electrons. The van der Waals surface area contributed by atoms with Crippen LogP contribution in [-0.4, -0.2) is 0 Å². The van der Waals surface area contributed by atoms with E-state index in [1.54, 1.807) is 0 Å². The molecule has 0 aliphatic heterocycles. The Balaban J connectivity index is 2.16. The van der Waals surface area contributed by atoms with E-state index in [9.17, 15) is 0 Å². The summed E-state index contributed by atoms with van der Waals surface area (Å²) in [5.74, 6) is 2.16. The molecule has 1 aliphatic rings. The van der Waals surface area contributed by atoms with Crippen molar-refractivity contribution in [1.29, 1.82) is 0 Å². The van der Waals surface area contributed by atoms with Gasteiger partial charge in [0.15, 0.2) is 0 Å². The average Bonchev–Trinajstić information content (AvgIpc) is 2.65. The van der Waals surface area contributed by atoms with Gasteiger partial charge in [-0.05, 0) is 11.8 Å². The topological polar surface area (TPSA) is 0 Å². The van der Waals surface area contributed by atoms with Crippen molar-refractivity contribution in [2.75, 3.05) is 0 Å². The normalized spacial score (nSPS) is 20.8. The van der Waals surface area contributed by atoms with Crippen molar-refractivity contribution in [3.63, 3.8) is 0 Å². The van der Waals surface area contributed by atoms with E-state index in [2.05, 4.69) is 13.8 Å². The second-order valence-corrected chi connectivity index (χ2v) is 4.71. The van der Waals surface area contributed by atoms with E-state index in [0.29, 0.717) is 0 Å². The average molecular weight is 182 g/mol. The van der Waals surface area contributed by atoms with Gasteiger partial charge in [-0.3, -0.25) is 0 Å². The number of hydrogen-bond acceptors (Lipinski definition) is 0. The Kier molecular flexibility index (Phi) is 5.50. The van der Waals surface area contributed by atoms with Crippen LogP contribution in [0.4, 0.5) is 0 Å². The third-order valence-corrected chi connectivity index (χ3v) is 3.77. The van der Waals surface area contributed by atoms with Gasteiger partial charge in [0.05, 0.1) is 0 Å². The molecule has 0 spiro atoms. The van der Waals surface area contributed by atoms with E-state index < -0.39 is 0 Å². The highest BCUT2D eigenvalue weighted by Gasteiger charge is 2.22. The minimum Gasteiger partial charge on any atom is -0.0654 e. The zero-order valence-corrected chi connectivity index (χ0v) is 9.52. The molecule has 1 fully saturated rings. The minimum absolute atomic E-state index is 1.06. The lowest BCUT2D eigenvalue weighted by molar-refractivity contribution is 0.300. The summed E-state index contributed by atoms with van der Waals surface area (Å²) in [5.41, 5.74) is 0. The van der Waals surface area contributed by atoms with Crippen LogP contribution in [0, 0.1) is 11.8 Å². The molecule has 1 rings (SSSR count).